The molecule has 0 unspecified atom stereocenters. The Labute approximate surface area is 132 Å². The number of amides is 1. The van der Waals surface area contributed by atoms with E-state index in [0.29, 0.717) is 6.54 Å². The normalized spacial score (nSPS) is 10.3. The number of nitrogens with zero attached hydrogens (tertiary/aromatic N) is 1. The van der Waals surface area contributed by atoms with Crippen LogP contribution in [0, 0.1) is 0 Å². The summed E-state index contributed by atoms with van der Waals surface area (Å²) < 4.78 is 0. The van der Waals surface area contributed by atoms with Crippen molar-refractivity contribution in [2.24, 2.45) is 0 Å². The number of para-hydroxylation sites is 1. The number of nitrogens with one attached hydrogen (secondary N) is 2. The molecule has 0 aliphatic rings. The van der Waals surface area contributed by atoms with E-state index in [-0.39, 0.29) is 12.5 Å². The Balaban J connectivity index is 1.91. The van der Waals surface area contributed by atoms with E-state index in [9.17, 15) is 4.79 Å². The predicted octanol–water partition coefficient (Wildman–Crippen LogP) is 2.93. The van der Waals surface area contributed by atoms with Crippen LogP contribution in [0.3, 0.4) is 0 Å². The lowest BCUT2D eigenvalue weighted by atomic mass is 10.0. The molecule has 0 atom stereocenters. The van der Waals surface area contributed by atoms with Crippen LogP contribution in [-0.2, 0) is 24.2 Å². The second-order valence-corrected chi connectivity index (χ2v) is 5.15. The van der Waals surface area contributed by atoms with Crippen LogP contribution >= 0.6 is 0 Å². The van der Waals surface area contributed by atoms with E-state index in [1.165, 1.54) is 11.1 Å². The molecule has 1 heterocycles. The summed E-state index contributed by atoms with van der Waals surface area (Å²) in [5.41, 5.74) is 4.60. The highest BCUT2D eigenvalue weighted by molar-refractivity contribution is 5.81. The highest BCUT2D eigenvalue weighted by Crippen LogP contribution is 2.22. The Hall–Kier alpha value is -2.36. The maximum atomic E-state index is 12.0. The average molecular weight is 297 g/mol. The predicted molar refractivity (Wildman–Crippen MR) is 89.8 cm³/mol. The number of hydrogen-bond donors (Lipinski definition) is 2. The smallest absolute Gasteiger partial charge is 0.239 e. The molecule has 2 aromatic rings. The van der Waals surface area contributed by atoms with Gasteiger partial charge in [0, 0.05) is 24.6 Å². The van der Waals surface area contributed by atoms with Gasteiger partial charge in [-0.25, -0.2) is 0 Å². The number of aryl methyl sites for hydroxylation is 2. The third kappa shape index (κ3) is 4.32. The minimum Gasteiger partial charge on any atom is -0.376 e. The zero-order valence-corrected chi connectivity index (χ0v) is 13.2. The van der Waals surface area contributed by atoms with Gasteiger partial charge in [0.25, 0.3) is 0 Å². The second kappa shape index (κ2) is 8.17. The minimum absolute atomic E-state index is 0.0168. The summed E-state index contributed by atoms with van der Waals surface area (Å²) in [6.45, 7) is 5.04. The molecule has 116 valence electrons. The van der Waals surface area contributed by atoms with E-state index in [1.54, 1.807) is 12.4 Å². The van der Waals surface area contributed by atoms with E-state index in [1.807, 2.05) is 12.1 Å². The van der Waals surface area contributed by atoms with E-state index >= 15 is 0 Å². The van der Waals surface area contributed by atoms with Crippen LogP contribution in [0.15, 0.2) is 42.7 Å². The van der Waals surface area contributed by atoms with Crippen molar-refractivity contribution in [3.63, 3.8) is 0 Å². The second-order valence-electron chi connectivity index (χ2n) is 5.15. The van der Waals surface area contributed by atoms with Gasteiger partial charge in [0.2, 0.25) is 5.91 Å². The first-order valence-electron chi connectivity index (χ1n) is 7.74. The van der Waals surface area contributed by atoms with Gasteiger partial charge in [0.1, 0.15) is 0 Å². The van der Waals surface area contributed by atoms with E-state index in [0.717, 1.165) is 24.1 Å². The molecular weight excluding hydrogens is 274 g/mol. The Morgan fingerprint density at radius 3 is 2.41 bits per heavy atom. The largest absolute Gasteiger partial charge is 0.376 e. The maximum Gasteiger partial charge on any atom is 0.239 e. The summed E-state index contributed by atoms with van der Waals surface area (Å²) in [6, 6.07) is 10.1. The van der Waals surface area contributed by atoms with Gasteiger partial charge < -0.3 is 10.6 Å². The van der Waals surface area contributed by atoms with Crippen molar-refractivity contribution in [2.75, 3.05) is 11.9 Å². The fraction of sp³-hybridized carbons (Fsp3) is 0.333. The molecule has 4 nitrogen and oxygen atoms in total. The summed E-state index contributed by atoms with van der Waals surface area (Å²) in [5.74, 6) is -0.0168. The molecule has 2 N–H and O–H groups in total. The summed E-state index contributed by atoms with van der Waals surface area (Å²) in [6.07, 6.45) is 5.39. The molecule has 0 radical (unpaired) electrons. The molecule has 1 aromatic carbocycles. The van der Waals surface area contributed by atoms with Crippen molar-refractivity contribution in [1.82, 2.24) is 10.3 Å². The van der Waals surface area contributed by atoms with Crippen LogP contribution in [0.25, 0.3) is 0 Å². The molecule has 4 heteroatoms. The first-order chi connectivity index (χ1) is 10.7. The van der Waals surface area contributed by atoms with Crippen molar-refractivity contribution in [3.8, 4) is 0 Å². The zero-order chi connectivity index (χ0) is 15.8. The molecular formula is C18H23N3O. The van der Waals surface area contributed by atoms with Crippen LogP contribution in [0.4, 0.5) is 5.69 Å². The summed E-state index contributed by atoms with van der Waals surface area (Å²) in [7, 11) is 0. The molecule has 0 saturated carbocycles. The van der Waals surface area contributed by atoms with Crippen molar-refractivity contribution in [2.45, 2.75) is 33.2 Å². The van der Waals surface area contributed by atoms with Gasteiger partial charge in [0.15, 0.2) is 0 Å². The number of carbonyl (C=O) groups is 1. The number of pyridine rings is 1. The van der Waals surface area contributed by atoms with E-state index in [4.69, 9.17) is 0 Å². The van der Waals surface area contributed by atoms with Crippen LogP contribution < -0.4 is 10.6 Å². The lowest BCUT2D eigenvalue weighted by Crippen LogP contribution is -2.29. The Bertz CT molecular complexity index is 589. The Morgan fingerprint density at radius 1 is 1.09 bits per heavy atom. The van der Waals surface area contributed by atoms with Gasteiger partial charge >= 0.3 is 0 Å². The van der Waals surface area contributed by atoms with Crippen molar-refractivity contribution in [1.29, 1.82) is 0 Å². The highest BCUT2D eigenvalue weighted by Gasteiger charge is 2.08. The van der Waals surface area contributed by atoms with Gasteiger partial charge in [-0.05, 0) is 35.6 Å². The number of carbonyl (C=O) groups excluding carboxylic acids is 1. The van der Waals surface area contributed by atoms with E-state index < -0.39 is 0 Å². The molecule has 0 saturated heterocycles. The molecule has 1 amide bonds. The molecule has 0 aliphatic carbocycles. The van der Waals surface area contributed by atoms with Crippen LogP contribution in [0.5, 0.6) is 0 Å². The third-order valence-electron chi connectivity index (χ3n) is 3.64. The molecule has 0 aliphatic heterocycles. The lowest BCUT2D eigenvalue weighted by molar-refractivity contribution is -0.119. The van der Waals surface area contributed by atoms with Gasteiger partial charge in [-0.2, -0.15) is 0 Å². The first-order valence-corrected chi connectivity index (χ1v) is 7.74. The van der Waals surface area contributed by atoms with Crippen molar-refractivity contribution in [3.05, 3.63) is 59.4 Å². The fourth-order valence-electron chi connectivity index (χ4n) is 2.40. The third-order valence-corrected chi connectivity index (χ3v) is 3.64. The molecule has 22 heavy (non-hydrogen) atoms. The van der Waals surface area contributed by atoms with Crippen molar-refractivity contribution < 1.29 is 4.79 Å². The molecule has 0 spiro atoms. The summed E-state index contributed by atoms with van der Waals surface area (Å²) in [5, 5.41) is 6.19. The number of hydrogen-bond acceptors (Lipinski definition) is 3. The van der Waals surface area contributed by atoms with Gasteiger partial charge in [-0.15, -0.1) is 0 Å². The van der Waals surface area contributed by atoms with Crippen LogP contribution in [0.2, 0.25) is 0 Å². The van der Waals surface area contributed by atoms with Gasteiger partial charge in [-0.3, -0.25) is 9.78 Å². The van der Waals surface area contributed by atoms with E-state index in [2.05, 4.69) is 47.7 Å². The number of aromatic nitrogens is 1. The first kappa shape index (κ1) is 16.0. The highest BCUT2D eigenvalue weighted by atomic mass is 16.1. The molecule has 2 rings (SSSR count). The summed E-state index contributed by atoms with van der Waals surface area (Å²) in [4.78, 5) is 16.0. The molecule has 0 bridgehead atoms. The number of rotatable bonds is 7. The quantitative estimate of drug-likeness (QED) is 0.826. The van der Waals surface area contributed by atoms with Crippen LogP contribution in [0.1, 0.15) is 30.5 Å². The number of anilines is 1. The molecule has 0 fully saturated rings. The number of benzene rings is 1. The molecule has 1 aromatic heterocycles. The lowest BCUT2D eigenvalue weighted by Gasteiger charge is -2.15. The Morgan fingerprint density at radius 2 is 1.82 bits per heavy atom. The SMILES string of the molecule is CCc1cccc(CC)c1NCC(=O)NCc1cccnc1. The topological polar surface area (TPSA) is 54.0 Å². The minimum atomic E-state index is -0.0168. The Kier molecular flexibility index (Phi) is 5.95. The van der Waals surface area contributed by atoms with Crippen LogP contribution in [-0.4, -0.2) is 17.4 Å². The van der Waals surface area contributed by atoms with Gasteiger partial charge in [0.05, 0.1) is 6.54 Å². The zero-order valence-electron chi connectivity index (χ0n) is 13.2. The van der Waals surface area contributed by atoms with Crippen molar-refractivity contribution >= 4 is 11.6 Å². The monoisotopic (exact) mass is 297 g/mol. The summed E-state index contributed by atoms with van der Waals surface area (Å²) >= 11 is 0. The maximum absolute atomic E-state index is 12.0. The standard InChI is InChI=1S/C18H23N3O/c1-3-15-8-5-9-16(4-2)18(15)21-13-17(22)20-12-14-7-6-10-19-11-14/h5-11,21H,3-4,12-13H2,1-2H3,(H,20,22). The fourth-order valence-corrected chi connectivity index (χ4v) is 2.40. The van der Waals surface area contributed by atoms with Gasteiger partial charge in [-0.1, -0.05) is 38.1 Å². The average Bonchev–Trinajstić information content (AvgIpc) is 2.58.